The van der Waals surface area contributed by atoms with Crippen LogP contribution in [-0.2, 0) is 6.54 Å². The molecule has 1 fully saturated rings. The Bertz CT molecular complexity index is 492. The van der Waals surface area contributed by atoms with Crippen LogP contribution in [0, 0.1) is 5.82 Å². The summed E-state index contributed by atoms with van der Waals surface area (Å²) < 4.78 is 12.8. The summed E-state index contributed by atoms with van der Waals surface area (Å²) in [6, 6.07) is 8.82. The Morgan fingerprint density at radius 3 is 2.83 bits per heavy atom. The summed E-state index contributed by atoms with van der Waals surface area (Å²) in [7, 11) is 0. The predicted octanol–water partition coefficient (Wildman–Crippen LogP) is 2.54. The number of halogens is 1. The minimum atomic E-state index is -0.171. The van der Waals surface area contributed by atoms with Crippen molar-refractivity contribution in [2.75, 3.05) is 13.1 Å². The second-order valence-corrected chi connectivity index (χ2v) is 4.86. The molecule has 4 heteroatoms. The first kappa shape index (κ1) is 11.4. The molecule has 3 rings (SSSR count). The number of nitrogens with one attached hydrogen (secondary N) is 1. The molecule has 0 spiro atoms. The Morgan fingerprint density at radius 1 is 1.28 bits per heavy atom. The molecule has 1 atom stereocenters. The maximum Gasteiger partial charge on any atom is 0.123 e. The van der Waals surface area contributed by atoms with Gasteiger partial charge in [0.1, 0.15) is 5.82 Å². The monoisotopic (exact) mass is 245 g/mol. The highest BCUT2D eigenvalue weighted by Gasteiger charge is 2.24. The van der Waals surface area contributed by atoms with Gasteiger partial charge in [0.2, 0.25) is 0 Å². The fraction of sp³-hybridized carbons (Fsp3) is 0.357. The fourth-order valence-corrected chi connectivity index (χ4v) is 2.57. The number of aromatic nitrogens is 2. The number of hydrogen-bond acceptors (Lipinski definition) is 2. The van der Waals surface area contributed by atoms with E-state index in [1.165, 1.54) is 23.4 Å². The molecule has 0 unspecified atom stereocenters. The smallest absolute Gasteiger partial charge is 0.123 e. The van der Waals surface area contributed by atoms with Crippen LogP contribution in [0.25, 0.3) is 0 Å². The van der Waals surface area contributed by atoms with Crippen molar-refractivity contribution >= 4 is 0 Å². The van der Waals surface area contributed by atoms with Crippen LogP contribution < -0.4 is 0 Å². The number of nitrogens with zero attached hydrogens (tertiary/aromatic N) is 2. The molecule has 1 aliphatic rings. The summed E-state index contributed by atoms with van der Waals surface area (Å²) in [6.07, 6.45) is 2.96. The van der Waals surface area contributed by atoms with Crippen molar-refractivity contribution in [2.45, 2.75) is 18.9 Å². The average Bonchev–Trinajstić information content (AvgIpc) is 3.02. The zero-order chi connectivity index (χ0) is 12.4. The second-order valence-electron chi connectivity index (χ2n) is 4.86. The average molecular weight is 245 g/mol. The molecule has 1 aliphatic heterocycles. The van der Waals surface area contributed by atoms with E-state index >= 15 is 0 Å². The zero-order valence-electron chi connectivity index (χ0n) is 10.1. The minimum absolute atomic E-state index is 0.171. The maximum atomic E-state index is 12.8. The lowest BCUT2D eigenvalue weighted by molar-refractivity contribution is 0.326. The zero-order valence-corrected chi connectivity index (χ0v) is 10.1. The summed E-state index contributed by atoms with van der Waals surface area (Å²) in [4.78, 5) is 2.40. The van der Waals surface area contributed by atoms with Crippen LogP contribution in [0.2, 0.25) is 0 Å². The molecule has 0 saturated carbocycles. The van der Waals surface area contributed by atoms with Crippen molar-refractivity contribution in [3.63, 3.8) is 0 Å². The van der Waals surface area contributed by atoms with Crippen LogP contribution in [0.4, 0.5) is 4.39 Å². The Kier molecular flexibility index (Phi) is 3.11. The minimum Gasteiger partial charge on any atom is -0.298 e. The van der Waals surface area contributed by atoms with E-state index in [1.807, 2.05) is 18.2 Å². The molecule has 94 valence electrons. The van der Waals surface area contributed by atoms with Gasteiger partial charge in [0, 0.05) is 30.9 Å². The number of benzene rings is 1. The summed E-state index contributed by atoms with van der Waals surface area (Å²) >= 11 is 0. The Morgan fingerprint density at radius 2 is 2.11 bits per heavy atom. The third kappa shape index (κ3) is 2.43. The number of rotatable bonds is 3. The summed E-state index contributed by atoms with van der Waals surface area (Å²) in [5, 5.41) is 7.05. The first-order valence-electron chi connectivity index (χ1n) is 6.27. The Balaban J connectivity index is 1.61. The largest absolute Gasteiger partial charge is 0.298 e. The lowest BCUT2D eigenvalue weighted by atomic mass is 10.1. The first-order chi connectivity index (χ1) is 8.81. The van der Waals surface area contributed by atoms with Crippen molar-refractivity contribution in [3.05, 3.63) is 53.6 Å². The van der Waals surface area contributed by atoms with Gasteiger partial charge in [0.05, 0.1) is 0 Å². The molecule has 1 saturated heterocycles. The lowest BCUT2D eigenvalue weighted by Gasteiger charge is -2.15. The highest BCUT2D eigenvalue weighted by Crippen LogP contribution is 2.26. The normalized spacial score (nSPS) is 20.4. The molecule has 2 heterocycles. The van der Waals surface area contributed by atoms with Gasteiger partial charge < -0.3 is 0 Å². The topological polar surface area (TPSA) is 31.9 Å². The molecule has 1 aromatic carbocycles. The van der Waals surface area contributed by atoms with E-state index in [0.29, 0.717) is 5.92 Å². The Hall–Kier alpha value is -1.68. The summed E-state index contributed by atoms with van der Waals surface area (Å²) in [5.74, 6) is 0.378. The molecule has 0 amide bonds. The van der Waals surface area contributed by atoms with E-state index in [0.717, 1.165) is 26.1 Å². The van der Waals surface area contributed by atoms with Crippen LogP contribution in [0.3, 0.4) is 0 Å². The van der Waals surface area contributed by atoms with Gasteiger partial charge in [-0.25, -0.2) is 4.39 Å². The van der Waals surface area contributed by atoms with Gasteiger partial charge >= 0.3 is 0 Å². The number of aromatic amines is 1. The van der Waals surface area contributed by atoms with Crippen molar-refractivity contribution in [1.29, 1.82) is 0 Å². The van der Waals surface area contributed by atoms with Gasteiger partial charge in [-0.1, -0.05) is 12.1 Å². The number of hydrogen-bond donors (Lipinski definition) is 1. The van der Waals surface area contributed by atoms with Crippen molar-refractivity contribution in [3.8, 4) is 0 Å². The van der Waals surface area contributed by atoms with Gasteiger partial charge in [-0.05, 0) is 36.7 Å². The van der Waals surface area contributed by atoms with Gasteiger partial charge in [-0.2, -0.15) is 5.10 Å². The molecule has 3 nitrogen and oxygen atoms in total. The number of likely N-dealkylation sites (tertiary alicyclic amines) is 1. The van der Waals surface area contributed by atoms with Crippen LogP contribution in [0.1, 0.15) is 23.6 Å². The van der Waals surface area contributed by atoms with Crippen molar-refractivity contribution < 1.29 is 4.39 Å². The molecule has 0 bridgehead atoms. The van der Waals surface area contributed by atoms with Crippen molar-refractivity contribution in [2.24, 2.45) is 0 Å². The predicted molar refractivity (Wildman–Crippen MR) is 67.6 cm³/mol. The lowest BCUT2D eigenvalue weighted by Crippen LogP contribution is -2.19. The maximum absolute atomic E-state index is 12.8. The van der Waals surface area contributed by atoms with Gasteiger partial charge in [0.25, 0.3) is 0 Å². The molecule has 1 aromatic heterocycles. The van der Waals surface area contributed by atoms with Crippen LogP contribution in [0.15, 0.2) is 36.5 Å². The quantitative estimate of drug-likeness (QED) is 0.901. The van der Waals surface area contributed by atoms with Crippen LogP contribution in [-0.4, -0.2) is 28.2 Å². The SMILES string of the molecule is Fc1ccc(CN2CC[C@H](c3ccn[nH]3)C2)cc1. The van der Waals surface area contributed by atoms with Crippen LogP contribution in [0.5, 0.6) is 0 Å². The van der Waals surface area contributed by atoms with E-state index in [-0.39, 0.29) is 5.82 Å². The summed E-state index contributed by atoms with van der Waals surface area (Å²) in [6.45, 7) is 3.02. The molecular formula is C14H16FN3. The Labute approximate surface area is 106 Å². The number of H-pyrrole nitrogens is 1. The van der Waals surface area contributed by atoms with E-state index < -0.39 is 0 Å². The molecular weight excluding hydrogens is 229 g/mol. The molecule has 0 aliphatic carbocycles. The van der Waals surface area contributed by atoms with E-state index in [9.17, 15) is 4.39 Å². The summed E-state index contributed by atoms with van der Waals surface area (Å²) in [5.41, 5.74) is 2.39. The van der Waals surface area contributed by atoms with E-state index in [4.69, 9.17) is 0 Å². The first-order valence-corrected chi connectivity index (χ1v) is 6.27. The van der Waals surface area contributed by atoms with Gasteiger partial charge in [-0.15, -0.1) is 0 Å². The molecule has 1 N–H and O–H groups in total. The van der Waals surface area contributed by atoms with Crippen LogP contribution >= 0.6 is 0 Å². The van der Waals surface area contributed by atoms with E-state index in [2.05, 4.69) is 15.1 Å². The molecule has 0 radical (unpaired) electrons. The standard InChI is InChI=1S/C14H16FN3/c15-13-3-1-11(2-4-13)9-18-8-6-12(10-18)14-5-7-16-17-14/h1-5,7,12H,6,8-10H2,(H,16,17)/t12-/m0/s1. The van der Waals surface area contributed by atoms with E-state index in [1.54, 1.807) is 6.20 Å². The molecule has 2 aromatic rings. The third-order valence-electron chi connectivity index (χ3n) is 3.55. The van der Waals surface area contributed by atoms with Gasteiger partial charge in [0.15, 0.2) is 0 Å². The third-order valence-corrected chi connectivity index (χ3v) is 3.55. The molecule has 18 heavy (non-hydrogen) atoms. The van der Waals surface area contributed by atoms with Gasteiger partial charge in [-0.3, -0.25) is 10.00 Å². The fourth-order valence-electron chi connectivity index (χ4n) is 2.57. The second kappa shape index (κ2) is 4.90. The highest BCUT2D eigenvalue weighted by molar-refractivity contribution is 5.17. The van der Waals surface area contributed by atoms with Crippen molar-refractivity contribution in [1.82, 2.24) is 15.1 Å². The highest BCUT2D eigenvalue weighted by atomic mass is 19.1.